The van der Waals surface area contributed by atoms with E-state index in [1.165, 1.54) is 11.3 Å². The molecule has 124 valence electrons. The molecule has 5 nitrogen and oxygen atoms in total. The van der Waals surface area contributed by atoms with Gasteiger partial charge in [-0.1, -0.05) is 11.3 Å². The zero-order valence-corrected chi connectivity index (χ0v) is 14.6. The molecule has 0 spiro atoms. The average molecular weight is 341 g/mol. The van der Waals surface area contributed by atoms with Gasteiger partial charge >= 0.3 is 0 Å². The minimum Gasteiger partial charge on any atom is -0.491 e. The largest absolute Gasteiger partial charge is 0.491 e. The molecule has 0 aliphatic heterocycles. The highest BCUT2D eigenvalue weighted by atomic mass is 32.1. The summed E-state index contributed by atoms with van der Waals surface area (Å²) < 4.78 is 6.55. The number of hydrogen-bond acceptors (Lipinski definition) is 5. The van der Waals surface area contributed by atoms with Crippen LogP contribution in [0.25, 0.3) is 10.2 Å². The summed E-state index contributed by atoms with van der Waals surface area (Å²) in [4.78, 5) is 16.7. The SMILES string of the molecule is Cc1cc(NC(=O)c2ccc(OC(C)C)cc2)cc2sc(N)nc12. The number of nitrogens with two attached hydrogens (primary N) is 1. The lowest BCUT2D eigenvalue weighted by molar-refractivity contribution is 0.102. The average Bonchev–Trinajstić information content (AvgIpc) is 2.88. The normalized spacial score (nSPS) is 11.0. The Hall–Kier alpha value is -2.60. The van der Waals surface area contributed by atoms with E-state index in [1.807, 2.05) is 32.9 Å². The van der Waals surface area contributed by atoms with Crippen molar-refractivity contribution in [2.45, 2.75) is 26.9 Å². The van der Waals surface area contributed by atoms with E-state index in [9.17, 15) is 4.79 Å². The van der Waals surface area contributed by atoms with Crippen molar-refractivity contribution < 1.29 is 9.53 Å². The van der Waals surface area contributed by atoms with Crippen LogP contribution in [0.5, 0.6) is 5.75 Å². The fraction of sp³-hybridized carbons (Fsp3) is 0.222. The summed E-state index contributed by atoms with van der Waals surface area (Å²) >= 11 is 1.41. The van der Waals surface area contributed by atoms with E-state index in [0.29, 0.717) is 10.7 Å². The van der Waals surface area contributed by atoms with Gasteiger partial charge in [0.15, 0.2) is 5.13 Å². The van der Waals surface area contributed by atoms with Gasteiger partial charge in [0.05, 0.1) is 16.3 Å². The number of amides is 1. The molecule has 0 aliphatic rings. The maximum Gasteiger partial charge on any atom is 0.255 e. The molecule has 6 heteroatoms. The molecule has 1 amide bonds. The number of carbonyl (C=O) groups is 1. The number of nitrogens with one attached hydrogen (secondary N) is 1. The van der Waals surface area contributed by atoms with Crippen LogP contribution in [0, 0.1) is 6.92 Å². The van der Waals surface area contributed by atoms with E-state index in [2.05, 4.69) is 10.3 Å². The molecule has 0 saturated carbocycles. The molecule has 3 aromatic rings. The van der Waals surface area contributed by atoms with Gasteiger partial charge in [-0.05, 0) is 62.7 Å². The van der Waals surface area contributed by atoms with Crippen molar-refractivity contribution in [1.82, 2.24) is 4.98 Å². The summed E-state index contributed by atoms with van der Waals surface area (Å²) in [5, 5.41) is 3.44. The third-order valence-corrected chi connectivity index (χ3v) is 4.28. The van der Waals surface area contributed by atoms with Crippen molar-refractivity contribution in [1.29, 1.82) is 0 Å². The zero-order valence-electron chi connectivity index (χ0n) is 13.8. The van der Waals surface area contributed by atoms with Crippen LogP contribution in [0.2, 0.25) is 0 Å². The van der Waals surface area contributed by atoms with Crippen LogP contribution in [0.4, 0.5) is 10.8 Å². The Labute approximate surface area is 144 Å². The molecule has 24 heavy (non-hydrogen) atoms. The van der Waals surface area contributed by atoms with E-state index in [0.717, 1.165) is 27.2 Å². The summed E-state index contributed by atoms with van der Waals surface area (Å²) in [7, 11) is 0. The summed E-state index contributed by atoms with van der Waals surface area (Å²) in [6.07, 6.45) is 0.103. The minimum atomic E-state index is -0.165. The van der Waals surface area contributed by atoms with E-state index in [-0.39, 0.29) is 12.0 Å². The summed E-state index contributed by atoms with van der Waals surface area (Å²) in [5.74, 6) is 0.585. The number of carbonyl (C=O) groups excluding carboxylic acids is 1. The van der Waals surface area contributed by atoms with Crippen LogP contribution >= 0.6 is 11.3 Å². The minimum absolute atomic E-state index is 0.103. The second-order valence-corrected chi connectivity index (χ2v) is 6.90. The maximum absolute atomic E-state index is 12.4. The standard InChI is InChI=1S/C18H19N3O2S/c1-10(2)23-14-6-4-12(5-7-14)17(22)20-13-8-11(3)16-15(9-13)24-18(19)21-16/h4-10H,1-3H3,(H2,19,21)(H,20,22). The van der Waals surface area contributed by atoms with Crippen molar-refractivity contribution in [3.05, 3.63) is 47.5 Å². The predicted molar refractivity (Wildman–Crippen MR) is 98.9 cm³/mol. The van der Waals surface area contributed by atoms with Crippen molar-refractivity contribution in [2.75, 3.05) is 11.1 Å². The molecule has 0 fully saturated rings. The number of aryl methyl sites for hydroxylation is 1. The fourth-order valence-electron chi connectivity index (χ4n) is 2.45. The smallest absolute Gasteiger partial charge is 0.255 e. The number of benzene rings is 2. The highest BCUT2D eigenvalue weighted by molar-refractivity contribution is 7.22. The summed E-state index contributed by atoms with van der Waals surface area (Å²) in [6.45, 7) is 5.88. The van der Waals surface area contributed by atoms with Crippen LogP contribution in [-0.2, 0) is 0 Å². The molecular weight excluding hydrogens is 322 g/mol. The van der Waals surface area contributed by atoms with Gasteiger partial charge in [-0.15, -0.1) is 0 Å². The third kappa shape index (κ3) is 3.49. The number of ether oxygens (including phenoxy) is 1. The van der Waals surface area contributed by atoms with Crippen LogP contribution in [0.3, 0.4) is 0 Å². The van der Waals surface area contributed by atoms with E-state index < -0.39 is 0 Å². The summed E-state index contributed by atoms with van der Waals surface area (Å²) in [5.41, 5.74) is 8.93. The van der Waals surface area contributed by atoms with Gasteiger partial charge in [0.1, 0.15) is 5.75 Å². The molecule has 0 bridgehead atoms. The Morgan fingerprint density at radius 1 is 1.25 bits per heavy atom. The Bertz CT molecular complexity index is 885. The van der Waals surface area contributed by atoms with Gasteiger partial charge in [0.25, 0.3) is 5.91 Å². The second-order valence-electron chi connectivity index (χ2n) is 5.84. The predicted octanol–water partition coefficient (Wildman–Crippen LogP) is 4.23. The molecule has 2 aromatic carbocycles. The molecule has 3 rings (SSSR count). The van der Waals surface area contributed by atoms with Crippen LogP contribution in [-0.4, -0.2) is 17.0 Å². The molecule has 1 heterocycles. The van der Waals surface area contributed by atoms with Crippen molar-refractivity contribution in [2.24, 2.45) is 0 Å². The lowest BCUT2D eigenvalue weighted by Gasteiger charge is -2.10. The van der Waals surface area contributed by atoms with E-state index >= 15 is 0 Å². The Morgan fingerprint density at radius 2 is 1.96 bits per heavy atom. The Balaban J connectivity index is 1.79. The number of nitrogens with zero attached hydrogens (tertiary/aromatic N) is 1. The first-order chi connectivity index (χ1) is 11.4. The quantitative estimate of drug-likeness (QED) is 0.744. The Kier molecular flexibility index (Phi) is 4.40. The molecule has 3 N–H and O–H groups in total. The van der Waals surface area contributed by atoms with Gasteiger partial charge in [0.2, 0.25) is 0 Å². The molecule has 1 aromatic heterocycles. The topological polar surface area (TPSA) is 77.2 Å². The van der Waals surface area contributed by atoms with Crippen molar-refractivity contribution in [3.8, 4) is 5.75 Å². The van der Waals surface area contributed by atoms with Crippen molar-refractivity contribution >= 4 is 38.3 Å². The van der Waals surface area contributed by atoms with E-state index in [4.69, 9.17) is 10.5 Å². The van der Waals surface area contributed by atoms with Crippen molar-refractivity contribution in [3.63, 3.8) is 0 Å². The first-order valence-electron chi connectivity index (χ1n) is 7.67. The first kappa shape index (κ1) is 16.3. The number of nitrogen functional groups attached to an aromatic ring is 1. The molecule has 0 unspecified atom stereocenters. The van der Waals surface area contributed by atoms with Gasteiger partial charge in [-0.3, -0.25) is 4.79 Å². The lowest BCUT2D eigenvalue weighted by Crippen LogP contribution is -2.12. The highest BCUT2D eigenvalue weighted by Gasteiger charge is 2.10. The third-order valence-electron chi connectivity index (χ3n) is 3.45. The maximum atomic E-state index is 12.4. The first-order valence-corrected chi connectivity index (χ1v) is 8.49. The highest BCUT2D eigenvalue weighted by Crippen LogP contribution is 2.29. The number of rotatable bonds is 4. The molecule has 0 atom stereocenters. The van der Waals surface area contributed by atoms with Gasteiger partial charge in [0, 0.05) is 11.3 Å². The zero-order chi connectivity index (χ0) is 17.3. The summed E-state index contributed by atoms with van der Waals surface area (Å²) in [6, 6.07) is 10.9. The Morgan fingerprint density at radius 3 is 2.62 bits per heavy atom. The van der Waals surface area contributed by atoms with Gasteiger partial charge < -0.3 is 15.8 Å². The number of hydrogen-bond donors (Lipinski definition) is 2. The molecule has 0 saturated heterocycles. The van der Waals surface area contributed by atoms with Gasteiger partial charge in [-0.2, -0.15) is 0 Å². The van der Waals surface area contributed by atoms with E-state index in [1.54, 1.807) is 24.3 Å². The number of aromatic nitrogens is 1. The van der Waals surface area contributed by atoms with Gasteiger partial charge in [-0.25, -0.2) is 4.98 Å². The molecule has 0 radical (unpaired) electrons. The fourth-order valence-corrected chi connectivity index (χ4v) is 3.30. The van der Waals surface area contributed by atoms with Crippen LogP contribution in [0.15, 0.2) is 36.4 Å². The molecular formula is C18H19N3O2S. The number of thiazole rings is 1. The lowest BCUT2D eigenvalue weighted by atomic mass is 10.1. The number of fused-ring (bicyclic) bond motifs is 1. The van der Waals surface area contributed by atoms with Crippen LogP contribution < -0.4 is 15.8 Å². The number of anilines is 2. The van der Waals surface area contributed by atoms with Crippen LogP contribution in [0.1, 0.15) is 29.8 Å². The monoisotopic (exact) mass is 341 g/mol. The second kappa shape index (κ2) is 6.49. The molecule has 0 aliphatic carbocycles.